The van der Waals surface area contributed by atoms with Crippen molar-refractivity contribution in [1.29, 1.82) is 0 Å². The molecule has 15 heavy (non-hydrogen) atoms. The molecule has 1 heterocycles. The van der Waals surface area contributed by atoms with Crippen LogP contribution in [0.1, 0.15) is 32.6 Å². The van der Waals surface area contributed by atoms with E-state index in [4.69, 9.17) is 0 Å². The molecule has 3 aliphatic carbocycles. The van der Waals surface area contributed by atoms with Crippen molar-refractivity contribution in [3.8, 4) is 0 Å². The number of amides is 1. The fourth-order valence-corrected chi connectivity index (χ4v) is 5.69. The molecule has 82 valence electrons. The van der Waals surface area contributed by atoms with Crippen molar-refractivity contribution in [3.63, 3.8) is 0 Å². The normalized spacial score (nSPS) is 60.6. The van der Waals surface area contributed by atoms with Crippen LogP contribution in [0.3, 0.4) is 0 Å². The highest BCUT2D eigenvalue weighted by Crippen LogP contribution is 2.73. The zero-order valence-electron chi connectivity index (χ0n) is 9.33. The zero-order valence-corrected chi connectivity index (χ0v) is 9.33. The van der Waals surface area contributed by atoms with Crippen LogP contribution in [0.15, 0.2) is 0 Å². The molecule has 4 fully saturated rings. The van der Waals surface area contributed by atoms with E-state index >= 15 is 0 Å². The molecule has 1 N–H and O–H groups in total. The predicted molar refractivity (Wildman–Crippen MR) is 57.0 cm³/mol. The molecule has 1 saturated heterocycles. The zero-order chi connectivity index (χ0) is 10.2. The minimum Gasteiger partial charge on any atom is -0.355 e. The Kier molecular flexibility index (Phi) is 1.38. The molecule has 0 bridgehead atoms. The van der Waals surface area contributed by atoms with Gasteiger partial charge in [-0.2, -0.15) is 0 Å². The number of fused-ring (bicyclic) bond motifs is 2. The van der Waals surface area contributed by atoms with Crippen LogP contribution in [-0.2, 0) is 4.79 Å². The number of nitrogens with one attached hydrogen (secondary N) is 1. The van der Waals surface area contributed by atoms with Gasteiger partial charge in [0.05, 0.1) is 0 Å². The predicted octanol–water partition coefficient (Wildman–Crippen LogP) is 1.80. The highest BCUT2D eigenvalue weighted by Gasteiger charge is 2.70. The van der Waals surface area contributed by atoms with E-state index in [1.54, 1.807) is 0 Å². The van der Waals surface area contributed by atoms with Crippen LogP contribution in [0.5, 0.6) is 0 Å². The van der Waals surface area contributed by atoms with Crippen LogP contribution in [-0.4, -0.2) is 12.5 Å². The molecule has 0 aromatic carbocycles. The fraction of sp³-hybridized carbons (Fsp3) is 0.923. The van der Waals surface area contributed by atoms with Gasteiger partial charge < -0.3 is 5.32 Å². The topological polar surface area (TPSA) is 29.1 Å². The molecule has 1 amide bonds. The lowest BCUT2D eigenvalue weighted by Gasteiger charge is -2.55. The monoisotopic (exact) mass is 205 g/mol. The number of hydrogen-bond acceptors (Lipinski definition) is 1. The Bertz CT molecular complexity index is 339. The van der Waals surface area contributed by atoms with E-state index in [9.17, 15) is 4.79 Å². The van der Waals surface area contributed by atoms with E-state index in [1.165, 1.54) is 19.3 Å². The largest absolute Gasteiger partial charge is 0.355 e. The van der Waals surface area contributed by atoms with Crippen molar-refractivity contribution in [2.75, 3.05) is 6.54 Å². The average Bonchev–Trinajstić information content (AvgIpc) is 2.80. The Hall–Kier alpha value is -0.530. The maximum Gasteiger partial charge on any atom is 0.220 e. The van der Waals surface area contributed by atoms with Gasteiger partial charge in [-0.15, -0.1) is 0 Å². The maximum absolute atomic E-state index is 11.5. The maximum atomic E-state index is 11.5. The van der Waals surface area contributed by atoms with Crippen molar-refractivity contribution >= 4 is 5.91 Å². The van der Waals surface area contributed by atoms with Crippen LogP contribution in [0, 0.1) is 35.0 Å². The van der Waals surface area contributed by atoms with Crippen LogP contribution >= 0.6 is 0 Å². The molecule has 0 aromatic rings. The molecular formula is C13H19NO. The SMILES string of the molecule is CC1CC2C3C1CCC3C21CNC(=O)C1. The van der Waals surface area contributed by atoms with Gasteiger partial charge in [-0.05, 0) is 48.9 Å². The second-order valence-corrected chi connectivity index (χ2v) is 6.43. The second kappa shape index (κ2) is 2.41. The summed E-state index contributed by atoms with van der Waals surface area (Å²) < 4.78 is 0. The smallest absolute Gasteiger partial charge is 0.220 e. The summed E-state index contributed by atoms with van der Waals surface area (Å²) in [7, 11) is 0. The molecule has 0 radical (unpaired) electrons. The van der Waals surface area contributed by atoms with Gasteiger partial charge in [0.2, 0.25) is 5.91 Å². The lowest BCUT2D eigenvalue weighted by molar-refractivity contribution is -0.124. The Balaban J connectivity index is 1.72. The third-order valence-electron chi connectivity index (χ3n) is 6.17. The number of hydrogen-bond donors (Lipinski definition) is 1. The molecule has 2 heteroatoms. The average molecular weight is 205 g/mol. The van der Waals surface area contributed by atoms with Crippen molar-refractivity contribution in [3.05, 3.63) is 0 Å². The lowest BCUT2D eigenvalue weighted by Crippen LogP contribution is -2.54. The quantitative estimate of drug-likeness (QED) is 0.642. The first-order valence-electron chi connectivity index (χ1n) is 6.49. The summed E-state index contributed by atoms with van der Waals surface area (Å²) in [5.41, 5.74) is 0.418. The molecule has 1 aliphatic heterocycles. The van der Waals surface area contributed by atoms with Gasteiger partial charge in [0.1, 0.15) is 0 Å². The van der Waals surface area contributed by atoms with Gasteiger partial charge in [0, 0.05) is 18.4 Å². The molecule has 4 rings (SSSR count). The molecule has 6 atom stereocenters. The van der Waals surface area contributed by atoms with E-state index < -0.39 is 0 Å². The highest BCUT2D eigenvalue weighted by molar-refractivity contribution is 5.79. The molecule has 6 unspecified atom stereocenters. The first-order chi connectivity index (χ1) is 7.22. The summed E-state index contributed by atoms with van der Waals surface area (Å²) in [6.07, 6.45) is 5.10. The molecule has 0 aromatic heterocycles. The number of rotatable bonds is 0. The summed E-state index contributed by atoms with van der Waals surface area (Å²) in [5, 5.41) is 3.08. The minimum atomic E-state index is 0.316. The van der Waals surface area contributed by atoms with Crippen LogP contribution in [0.2, 0.25) is 0 Å². The van der Waals surface area contributed by atoms with E-state index in [0.717, 1.165) is 42.6 Å². The van der Waals surface area contributed by atoms with E-state index in [2.05, 4.69) is 12.2 Å². The lowest BCUT2D eigenvalue weighted by atomic mass is 9.48. The Morgan fingerprint density at radius 3 is 2.93 bits per heavy atom. The molecule has 2 nitrogen and oxygen atoms in total. The third kappa shape index (κ3) is 0.786. The molecule has 1 spiro atoms. The summed E-state index contributed by atoms with van der Waals surface area (Å²) in [5.74, 6) is 5.06. The van der Waals surface area contributed by atoms with E-state index in [1.807, 2.05) is 0 Å². The fourth-order valence-electron chi connectivity index (χ4n) is 5.69. The highest BCUT2D eigenvalue weighted by atomic mass is 16.1. The third-order valence-corrected chi connectivity index (χ3v) is 6.17. The van der Waals surface area contributed by atoms with E-state index in [0.29, 0.717) is 11.3 Å². The molecule has 3 saturated carbocycles. The Morgan fingerprint density at radius 1 is 1.33 bits per heavy atom. The van der Waals surface area contributed by atoms with Gasteiger partial charge in [-0.3, -0.25) is 4.79 Å². The second-order valence-electron chi connectivity index (χ2n) is 6.43. The standard InChI is InChI=1S/C13H19NO/c1-7-4-10-12-8(7)2-3-9(12)13(10)5-11(15)14-6-13/h7-10,12H,2-6H2,1H3,(H,14,15). The number of carbonyl (C=O) groups excluding carboxylic acids is 1. The van der Waals surface area contributed by atoms with Gasteiger partial charge in [-0.25, -0.2) is 0 Å². The summed E-state index contributed by atoms with van der Waals surface area (Å²) in [6, 6.07) is 0. The van der Waals surface area contributed by atoms with Crippen molar-refractivity contribution < 1.29 is 4.79 Å². The van der Waals surface area contributed by atoms with Gasteiger partial charge in [-0.1, -0.05) is 6.92 Å². The van der Waals surface area contributed by atoms with Crippen molar-refractivity contribution in [2.24, 2.45) is 35.0 Å². The van der Waals surface area contributed by atoms with Crippen LogP contribution in [0.4, 0.5) is 0 Å². The first-order valence-corrected chi connectivity index (χ1v) is 6.49. The molecule has 4 aliphatic rings. The molecular weight excluding hydrogens is 186 g/mol. The minimum absolute atomic E-state index is 0.316. The summed E-state index contributed by atoms with van der Waals surface area (Å²) in [6.45, 7) is 3.43. The van der Waals surface area contributed by atoms with Gasteiger partial charge in [0.25, 0.3) is 0 Å². The Morgan fingerprint density at radius 2 is 2.20 bits per heavy atom. The summed E-state index contributed by atoms with van der Waals surface area (Å²) >= 11 is 0. The van der Waals surface area contributed by atoms with Gasteiger partial charge in [0.15, 0.2) is 0 Å². The van der Waals surface area contributed by atoms with Crippen molar-refractivity contribution in [2.45, 2.75) is 32.6 Å². The van der Waals surface area contributed by atoms with Crippen LogP contribution in [0.25, 0.3) is 0 Å². The van der Waals surface area contributed by atoms with Crippen molar-refractivity contribution in [1.82, 2.24) is 5.32 Å². The first kappa shape index (κ1) is 8.60. The Labute approximate surface area is 90.8 Å². The van der Waals surface area contributed by atoms with Crippen LogP contribution < -0.4 is 5.32 Å². The number of carbonyl (C=O) groups is 1. The summed E-state index contributed by atoms with van der Waals surface area (Å²) in [4.78, 5) is 11.5. The van der Waals surface area contributed by atoms with E-state index in [-0.39, 0.29) is 0 Å². The van der Waals surface area contributed by atoms with Gasteiger partial charge >= 0.3 is 0 Å².